The molecule has 8 nitrogen and oxygen atoms in total. The Morgan fingerprint density at radius 3 is 1.28 bits per heavy atom. The van der Waals surface area contributed by atoms with Crippen molar-refractivity contribution in [2.75, 3.05) is 22.6 Å². The third-order valence-electron chi connectivity index (χ3n) is 11.1. The summed E-state index contributed by atoms with van der Waals surface area (Å²) in [6.07, 6.45) is -0.680. The van der Waals surface area contributed by atoms with Gasteiger partial charge >= 0.3 is 7.67 Å². The second-order valence-corrected chi connectivity index (χ2v) is 16.2. The Morgan fingerprint density at radius 2 is 0.842 bits per heavy atom. The first-order valence-electron chi connectivity index (χ1n) is 19.0. The lowest BCUT2D eigenvalue weighted by molar-refractivity contribution is 0.0913. The fourth-order valence-electron chi connectivity index (χ4n) is 8.38. The molecule has 2 unspecified atom stereocenters. The van der Waals surface area contributed by atoms with Gasteiger partial charge in [0.1, 0.15) is 13.2 Å². The minimum absolute atomic E-state index is 0.340. The fourth-order valence-corrected chi connectivity index (χ4v) is 10.3. The van der Waals surface area contributed by atoms with Crippen LogP contribution in [0.1, 0.15) is 23.3 Å². The minimum atomic E-state index is -4.54. The van der Waals surface area contributed by atoms with Crippen LogP contribution < -0.4 is 28.3 Å². The highest BCUT2D eigenvalue weighted by Crippen LogP contribution is 2.67. The van der Waals surface area contributed by atoms with Crippen LogP contribution in [0.4, 0.5) is 22.7 Å². The van der Waals surface area contributed by atoms with Gasteiger partial charge in [0.15, 0.2) is 35.2 Å². The highest BCUT2D eigenvalue weighted by atomic mass is 31.2. The van der Waals surface area contributed by atoms with Crippen molar-refractivity contribution in [2.45, 2.75) is 12.2 Å². The SMILES string of the molecule is O=P1(O)N(c2ccc(C3COc4ccccc4O3)cc2)c2ccc3ccccc3c2-c2c(ccc3ccccc23)N1c1ccc(C2COc3ccccc3O2)cc1. The van der Waals surface area contributed by atoms with Gasteiger partial charge in [-0.2, -0.15) is 0 Å². The van der Waals surface area contributed by atoms with Crippen molar-refractivity contribution in [2.24, 2.45) is 0 Å². The van der Waals surface area contributed by atoms with E-state index < -0.39 is 7.67 Å². The van der Waals surface area contributed by atoms with Gasteiger partial charge in [-0.05, 0) is 93.3 Å². The highest BCUT2D eigenvalue weighted by molar-refractivity contribution is 7.62. The van der Waals surface area contributed by atoms with Crippen molar-refractivity contribution in [1.29, 1.82) is 0 Å². The zero-order chi connectivity index (χ0) is 38.1. The van der Waals surface area contributed by atoms with Gasteiger partial charge in [-0.3, -0.25) is 9.34 Å². The number of hydrogen-bond donors (Lipinski definition) is 1. The molecule has 0 fully saturated rings. The maximum atomic E-state index is 15.9. The van der Waals surface area contributed by atoms with E-state index in [-0.39, 0.29) is 12.2 Å². The molecule has 0 radical (unpaired) electrons. The van der Waals surface area contributed by atoms with E-state index in [2.05, 4.69) is 24.3 Å². The molecular formula is C48H35N2O6P. The van der Waals surface area contributed by atoms with Crippen molar-refractivity contribution >= 4 is 52.0 Å². The predicted octanol–water partition coefficient (Wildman–Crippen LogP) is 12.1. The van der Waals surface area contributed by atoms with E-state index in [0.29, 0.717) is 59.0 Å². The molecular weight excluding hydrogens is 732 g/mol. The summed E-state index contributed by atoms with van der Waals surface area (Å²) < 4.78 is 43.8. The van der Waals surface area contributed by atoms with Crippen molar-refractivity contribution < 1.29 is 28.4 Å². The summed E-state index contributed by atoms with van der Waals surface area (Å²) in [6, 6.07) is 55.1. The summed E-state index contributed by atoms with van der Waals surface area (Å²) in [5.41, 5.74) is 5.92. The van der Waals surface area contributed by atoms with Gasteiger partial charge in [-0.1, -0.05) is 109 Å². The van der Waals surface area contributed by atoms with Crippen molar-refractivity contribution in [3.63, 3.8) is 0 Å². The summed E-state index contributed by atoms with van der Waals surface area (Å²) in [7, 11) is -4.54. The first kappa shape index (κ1) is 33.6. The molecule has 9 heteroatoms. The molecule has 0 amide bonds. The molecule has 278 valence electrons. The maximum absolute atomic E-state index is 15.9. The summed E-state index contributed by atoms with van der Waals surface area (Å²) in [6.45, 7) is 0.703. The Kier molecular flexibility index (Phi) is 7.78. The molecule has 57 heavy (non-hydrogen) atoms. The molecule has 8 aromatic rings. The van der Waals surface area contributed by atoms with E-state index in [1.807, 2.05) is 146 Å². The predicted molar refractivity (Wildman–Crippen MR) is 224 cm³/mol. The molecule has 0 saturated heterocycles. The van der Waals surface area contributed by atoms with Crippen LogP contribution in [0.15, 0.2) is 170 Å². The Hall–Kier alpha value is -6.73. The largest absolute Gasteiger partial charge is 0.485 e. The molecule has 3 aliphatic heterocycles. The van der Waals surface area contributed by atoms with Gasteiger partial charge in [0.05, 0.1) is 22.7 Å². The van der Waals surface area contributed by atoms with E-state index in [9.17, 15) is 4.89 Å². The first-order valence-corrected chi connectivity index (χ1v) is 20.5. The van der Waals surface area contributed by atoms with Crippen LogP contribution >= 0.6 is 7.67 Å². The average molecular weight is 767 g/mol. The minimum Gasteiger partial charge on any atom is -0.485 e. The normalized spacial score (nSPS) is 19.5. The Balaban J connectivity index is 1.08. The van der Waals surface area contributed by atoms with E-state index in [1.165, 1.54) is 0 Å². The molecule has 3 heterocycles. The molecule has 0 aliphatic carbocycles. The van der Waals surface area contributed by atoms with Crippen molar-refractivity contribution in [3.8, 4) is 34.1 Å². The standard InChI is InChI=1S/C48H35N2O6P/c51-57(52)49(35-23-17-33(18-24-35)45-29-53-41-13-5-7-15-43(41)55-45)39-27-21-31-9-1-3-11-37(31)47(39)48-38-12-4-2-10-32(38)22-28-40(48)50(57)36-25-19-34(20-26-36)46-30-54-42-14-6-8-16-44(42)56-46/h1-28,45-46H,29-30H2,(H,51,52). The molecule has 2 atom stereocenters. The smallest absolute Gasteiger partial charge is 0.403 e. The third-order valence-corrected chi connectivity index (χ3v) is 13.0. The summed E-state index contributed by atoms with van der Waals surface area (Å²) in [5.74, 6) is 2.80. The quantitative estimate of drug-likeness (QED) is 0.177. The number of nitrogens with zero attached hydrogens (tertiary/aromatic N) is 2. The number of anilines is 4. The van der Waals surface area contributed by atoms with Gasteiger partial charge in [-0.15, -0.1) is 0 Å². The van der Waals surface area contributed by atoms with E-state index in [1.54, 1.807) is 9.34 Å². The number of hydrogen-bond acceptors (Lipinski definition) is 5. The molecule has 8 aromatic carbocycles. The molecule has 0 bridgehead atoms. The molecule has 0 aromatic heterocycles. The van der Waals surface area contributed by atoms with Crippen LogP contribution in [0.25, 0.3) is 32.7 Å². The van der Waals surface area contributed by atoms with Crippen LogP contribution in [-0.2, 0) is 4.57 Å². The fraction of sp³-hybridized carbons (Fsp3) is 0.0833. The molecule has 11 rings (SSSR count). The Bertz CT molecular complexity index is 2700. The summed E-state index contributed by atoms with van der Waals surface area (Å²) in [4.78, 5) is 13.0. The van der Waals surface area contributed by atoms with Crippen LogP contribution in [-0.4, -0.2) is 18.1 Å². The van der Waals surface area contributed by atoms with Gasteiger partial charge < -0.3 is 23.8 Å². The number of ether oxygens (including phenoxy) is 4. The van der Waals surface area contributed by atoms with Crippen LogP contribution in [0.5, 0.6) is 23.0 Å². The lowest BCUT2D eigenvalue weighted by Gasteiger charge is -2.36. The van der Waals surface area contributed by atoms with Gasteiger partial charge in [0.25, 0.3) is 0 Å². The molecule has 0 spiro atoms. The summed E-state index contributed by atoms with van der Waals surface area (Å²) >= 11 is 0. The first-order chi connectivity index (χ1) is 28.0. The monoisotopic (exact) mass is 766 g/mol. The van der Waals surface area contributed by atoms with Crippen LogP contribution in [0, 0.1) is 0 Å². The summed E-state index contributed by atoms with van der Waals surface area (Å²) in [5, 5.41) is 4.02. The average Bonchev–Trinajstić information content (AvgIpc) is 3.35. The zero-order valence-corrected chi connectivity index (χ0v) is 31.5. The number of rotatable bonds is 4. The van der Waals surface area contributed by atoms with Gasteiger partial charge in [-0.25, -0.2) is 4.57 Å². The Morgan fingerprint density at radius 1 is 0.456 bits per heavy atom. The van der Waals surface area contributed by atoms with Crippen LogP contribution in [0.3, 0.4) is 0 Å². The van der Waals surface area contributed by atoms with E-state index in [0.717, 1.165) is 43.8 Å². The Labute approximate surface area is 329 Å². The van der Waals surface area contributed by atoms with E-state index >= 15 is 4.57 Å². The molecule has 3 aliphatic rings. The maximum Gasteiger partial charge on any atom is 0.403 e. The van der Waals surface area contributed by atoms with Gasteiger partial charge in [0.2, 0.25) is 0 Å². The highest BCUT2D eigenvalue weighted by Gasteiger charge is 2.44. The number of fused-ring (bicyclic) bond motifs is 9. The molecule has 1 N–H and O–H groups in total. The number of para-hydroxylation sites is 4. The second-order valence-electron chi connectivity index (χ2n) is 14.4. The number of benzene rings is 8. The molecule has 0 saturated carbocycles. The van der Waals surface area contributed by atoms with Crippen molar-refractivity contribution in [1.82, 2.24) is 0 Å². The van der Waals surface area contributed by atoms with Crippen molar-refractivity contribution in [3.05, 3.63) is 181 Å². The topological polar surface area (TPSA) is 80.7 Å². The van der Waals surface area contributed by atoms with Gasteiger partial charge in [0, 0.05) is 11.1 Å². The lowest BCUT2D eigenvalue weighted by atomic mass is 9.90. The third kappa shape index (κ3) is 5.52. The van der Waals surface area contributed by atoms with E-state index in [4.69, 9.17) is 18.9 Å². The van der Waals surface area contributed by atoms with Crippen LogP contribution in [0.2, 0.25) is 0 Å². The lowest BCUT2D eigenvalue weighted by Crippen LogP contribution is -2.25. The zero-order valence-electron chi connectivity index (χ0n) is 30.6. The second kappa shape index (κ2) is 13.2.